The van der Waals surface area contributed by atoms with Crippen molar-refractivity contribution >= 4 is 11.6 Å². The van der Waals surface area contributed by atoms with Crippen LogP contribution in [0.4, 0.5) is 5.69 Å². The van der Waals surface area contributed by atoms with Crippen LogP contribution < -0.4 is 10.2 Å². The van der Waals surface area contributed by atoms with Crippen molar-refractivity contribution in [3.8, 4) is 6.07 Å². The molecule has 106 valence electrons. The van der Waals surface area contributed by atoms with Gasteiger partial charge in [-0.1, -0.05) is 12.1 Å². The number of benzene rings is 2. The molecule has 0 saturated heterocycles. The minimum Gasteiger partial charge on any atom is -0.378 e. The molecule has 0 bridgehead atoms. The van der Waals surface area contributed by atoms with Gasteiger partial charge in [-0.15, -0.1) is 0 Å². The molecule has 0 aliphatic heterocycles. The number of carbonyl (C=O) groups is 1. The highest BCUT2D eigenvalue weighted by Gasteiger charge is 2.05. The fourth-order valence-electron chi connectivity index (χ4n) is 1.89. The SMILES string of the molecule is CN(C)c1ccc(CNC(=O)c2ccc(C#N)cc2)cc1. The minimum atomic E-state index is -0.142. The Kier molecular flexibility index (Phi) is 4.57. The second-order valence-corrected chi connectivity index (χ2v) is 4.93. The number of nitrogens with zero attached hydrogens (tertiary/aromatic N) is 2. The summed E-state index contributed by atoms with van der Waals surface area (Å²) in [5.41, 5.74) is 3.27. The smallest absolute Gasteiger partial charge is 0.251 e. The van der Waals surface area contributed by atoms with Crippen molar-refractivity contribution in [1.29, 1.82) is 5.26 Å². The van der Waals surface area contributed by atoms with E-state index in [4.69, 9.17) is 5.26 Å². The molecule has 4 heteroatoms. The molecule has 2 aromatic carbocycles. The molecule has 0 heterocycles. The van der Waals surface area contributed by atoms with Crippen molar-refractivity contribution in [3.05, 3.63) is 65.2 Å². The summed E-state index contributed by atoms with van der Waals surface area (Å²) in [7, 11) is 3.98. The average molecular weight is 279 g/mol. The van der Waals surface area contributed by atoms with Gasteiger partial charge in [-0.3, -0.25) is 4.79 Å². The molecule has 0 aliphatic rings. The summed E-state index contributed by atoms with van der Waals surface area (Å²) in [6.45, 7) is 0.479. The topological polar surface area (TPSA) is 56.1 Å². The molecule has 0 fully saturated rings. The van der Waals surface area contributed by atoms with Crippen LogP contribution in [0.15, 0.2) is 48.5 Å². The van der Waals surface area contributed by atoms with E-state index in [2.05, 4.69) is 5.32 Å². The highest BCUT2D eigenvalue weighted by molar-refractivity contribution is 5.94. The van der Waals surface area contributed by atoms with Crippen LogP contribution in [0, 0.1) is 11.3 Å². The van der Waals surface area contributed by atoms with E-state index in [1.54, 1.807) is 24.3 Å². The molecule has 0 radical (unpaired) electrons. The number of nitriles is 1. The van der Waals surface area contributed by atoms with Crippen LogP contribution in [0.2, 0.25) is 0 Å². The third-order valence-corrected chi connectivity index (χ3v) is 3.18. The predicted molar refractivity (Wildman–Crippen MR) is 83.1 cm³/mol. The average Bonchev–Trinajstić information content (AvgIpc) is 2.53. The number of hydrogen-bond donors (Lipinski definition) is 1. The maximum atomic E-state index is 12.0. The summed E-state index contributed by atoms with van der Waals surface area (Å²) in [4.78, 5) is 14.0. The quantitative estimate of drug-likeness (QED) is 0.935. The first-order chi connectivity index (χ1) is 10.1. The van der Waals surface area contributed by atoms with Crippen molar-refractivity contribution in [2.24, 2.45) is 0 Å². The highest BCUT2D eigenvalue weighted by Crippen LogP contribution is 2.12. The molecule has 1 amide bonds. The molecular formula is C17H17N3O. The number of nitrogens with one attached hydrogen (secondary N) is 1. The third-order valence-electron chi connectivity index (χ3n) is 3.18. The van der Waals surface area contributed by atoms with Crippen molar-refractivity contribution in [2.45, 2.75) is 6.54 Å². The fraction of sp³-hybridized carbons (Fsp3) is 0.176. The van der Waals surface area contributed by atoms with Crippen molar-refractivity contribution < 1.29 is 4.79 Å². The Balaban J connectivity index is 1.95. The first kappa shape index (κ1) is 14.6. The Morgan fingerprint density at radius 3 is 2.24 bits per heavy atom. The van der Waals surface area contributed by atoms with Crippen molar-refractivity contribution in [2.75, 3.05) is 19.0 Å². The first-order valence-corrected chi connectivity index (χ1v) is 6.65. The number of rotatable bonds is 4. The van der Waals surface area contributed by atoms with E-state index in [1.807, 2.05) is 49.3 Å². The molecule has 0 atom stereocenters. The Morgan fingerprint density at radius 1 is 1.10 bits per heavy atom. The molecule has 0 saturated carbocycles. The number of amides is 1. The van der Waals surface area contributed by atoms with Gasteiger partial charge in [-0.25, -0.2) is 0 Å². The lowest BCUT2D eigenvalue weighted by atomic mass is 10.1. The lowest BCUT2D eigenvalue weighted by Gasteiger charge is -2.13. The predicted octanol–water partition coefficient (Wildman–Crippen LogP) is 2.55. The van der Waals surface area contributed by atoms with E-state index in [1.165, 1.54) is 0 Å². The molecule has 0 aromatic heterocycles. The Morgan fingerprint density at radius 2 is 1.71 bits per heavy atom. The van der Waals surface area contributed by atoms with Crippen LogP contribution in [0.5, 0.6) is 0 Å². The van der Waals surface area contributed by atoms with Gasteiger partial charge in [0.1, 0.15) is 0 Å². The van der Waals surface area contributed by atoms with E-state index in [9.17, 15) is 4.79 Å². The van der Waals surface area contributed by atoms with E-state index in [-0.39, 0.29) is 5.91 Å². The van der Waals surface area contributed by atoms with E-state index in [0.29, 0.717) is 17.7 Å². The van der Waals surface area contributed by atoms with Crippen molar-refractivity contribution in [1.82, 2.24) is 5.32 Å². The van der Waals surface area contributed by atoms with Crippen molar-refractivity contribution in [3.63, 3.8) is 0 Å². The summed E-state index contributed by atoms with van der Waals surface area (Å²) in [5.74, 6) is -0.142. The molecule has 21 heavy (non-hydrogen) atoms. The van der Waals surface area contributed by atoms with Gasteiger partial charge in [0.25, 0.3) is 5.91 Å². The number of anilines is 1. The zero-order valence-corrected chi connectivity index (χ0v) is 12.1. The highest BCUT2D eigenvalue weighted by atomic mass is 16.1. The van der Waals surface area contributed by atoms with Crippen LogP contribution in [0.1, 0.15) is 21.5 Å². The zero-order valence-electron chi connectivity index (χ0n) is 12.1. The van der Waals surface area contributed by atoms with Gasteiger partial charge in [-0.2, -0.15) is 5.26 Å². The van der Waals surface area contributed by atoms with E-state index in [0.717, 1.165) is 11.3 Å². The standard InChI is InChI=1S/C17H17N3O/c1-20(2)16-9-5-14(6-10-16)12-19-17(21)15-7-3-13(11-18)4-8-15/h3-10H,12H2,1-2H3,(H,19,21). The molecule has 2 rings (SSSR count). The second-order valence-electron chi connectivity index (χ2n) is 4.93. The molecular weight excluding hydrogens is 262 g/mol. The largest absolute Gasteiger partial charge is 0.378 e. The summed E-state index contributed by atoms with van der Waals surface area (Å²) >= 11 is 0. The number of hydrogen-bond acceptors (Lipinski definition) is 3. The normalized spacial score (nSPS) is 9.76. The maximum Gasteiger partial charge on any atom is 0.251 e. The minimum absolute atomic E-state index is 0.142. The molecule has 4 nitrogen and oxygen atoms in total. The molecule has 0 unspecified atom stereocenters. The van der Waals surface area contributed by atoms with Gasteiger partial charge in [0.15, 0.2) is 0 Å². The van der Waals surface area contributed by atoms with E-state index >= 15 is 0 Å². The lowest BCUT2D eigenvalue weighted by molar-refractivity contribution is 0.0951. The maximum absolute atomic E-state index is 12.0. The Bertz CT molecular complexity index is 652. The summed E-state index contributed by atoms with van der Waals surface area (Å²) < 4.78 is 0. The summed E-state index contributed by atoms with van der Waals surface area (Å²) in [6, 6.07) is 16.6. The van der Waals surface area contributed by atoms with Gasteiger partial charge in [0, 0.05) is 31.9 Å². The van der Waals surface area contributed by atoms with Gasteiger partial charge in [-0.05, 0) is 42.0 Å². The molecule has 1 N–H and O–H groups in total. The third kappa shape index (κ3) is 3.83. The van der Waals surface area contributed by atoms with Crippen LogP contribution in [-0.4, -0.2) is 20.0 Å². The van der Waals surface area contributed by atoms with Gasteiger partial charge in [0.2, 0.25) is 0 Å². The summed E-state index contributed by atoms with van der Waals surface area (Å²) in [5, 5.41) is 11.6. The zero-order chi connectivity index (χ0) is 15.2. The molecule has 2 aromatic rings. The Hall–Kier alpha value is -2.80. The van der Waals surface area contributed by atoms with Crippen LogP contribution in [0.3, 0.4) is 0 Å². The monoisotopic (exact) mass is 279 g/mol. The van der Waals surface area contributed by atoms with Gasteiger partial charge < -0.3 is 10.2 Å². The summed E-state index contributed by atoms with van der Waals surface area (Å²) in [6.07, 6.45) is 0. The number of carbonyl (C=O) groups excluding carboxylic acids is 1. The first-order valence-electron chi connectivity index (χ1n) is 6.65. The van der Waals surface area contributed by atoms with Crippen LogP contribution >= 0.6 is 0 Å². The van der Waals surface area contributed by atoms with Gasteiger partial charge in [0.05, 0.1) is 11.6 Å². The fourth-order valence-corrected chi connectivity index (χ4v) is 1.89. The second kappa shape index (κ2) is 6.58. The molecule has 0 aliphatic carbocycles. The van der Waals surface area contributed by atoms with Gasteiger partial charge >= 0.3 is 0 Å². The van der Waals surface area contributed by atoms with E-state index < -0.39 is 0 Å². The Labute approximate surface area is 124 Å². The lowest BCUT2D eigenvalue weighted by Crippen LogP contribution is -2.22. The van der Waals surface area contributed by atoms with Crippen LogP contribution in [-0.2, 0) is 6.54 Å². The molecule has 0 spiro atoms. The van der Waals surface area contributed by atoms with Crippen LogP contribution in [0.25, 0.3) is 0 Å².